The van der Waals surface area contributed by atoms with Gasteiger partial charge in [0.05, 0.1) is 6.10 Å². The van der Waals surface area contributed by atoms with Crippen LogP contribution in [0, 0.1) is 5.41 Å². The van der Waals surface area contributed by atoms with Gasteiger partial charge in [-0.2, -0.15) is 0 Å². The molecule has 138 valence electrons. The number of nitrogens with two attached hydrogens (primary N) is 1. The van der Waals surface area contributed by atoms with E-state index in [9.17, 15) is 4.79 Å². The summed E-state index contributed by atoms with van der Waals surface area (Å²) in [6.45, 7) is 8.27. The van der Waals surface area contributed by atoms with E-state index < -0.39 is 6.09 Å². The van der Waals surface area contributed by atoms with Crippen LogP contribution in [0.15, 0.2) is 42.5 Å². The van der Waals surface area contributed by atoms with Crippen LogP contribution in [0.4, 0.5) is 4.79 Å². The highest BCUT2D eigenvalue weighted by Crippen LogP contribution is 2.46. The van der Waals surface area contributed by atoms with Gasteiger partial charge in [0.1, 0.15) is 11.9 Å². The molecule has 0 bridgehead atoms. The van der Waals surface area contributed by atoms with E-state index in [0.717, 1.165) is 35.3 Å². The number of hydrogen-bond acceptors (Lipinski definition) is 3. The Labute approximate surface area is 155 Å². The van der Waals surface area contributed by atoms with Crippen LogP contribution in [0.1, 0.15) is 51.3 Å². The molecule has 0 spiro atoms. The first-order chi connectivity index (χ1) is 12.3. The van der Waals surface area contributed by atoms with Gasteiger partial charge in [-0.25, -0.2) is 4.79 Å². The second kappa shape index (κ2) is 7.02. The molecule has 0 radical (unpaired) electrons. The number of primary amides is 1. The van der Waals surface area contributed by atoms with Crippen molar-refractivity contribution in [2.75, 3.05) is 0 Å². The Bertz CT molecular complexity index is 811. The standard InChI is InChI=1S/C22H27NO3/c1-14(2)25-18-7-5-6-15(13-18)16-8-9-19-17(12-16)10-11-22(3,4)20(19)26-21(23)24/h5-9,12-14,20H,10-11H2,1-4H3,(H2,23,24)/t20-/m0/s1. The molecule has 0 aliphatic heterocycles. The van der Waals surface area contributed by atoms with E-state index in [4.69, 9.17) is 15.2 Å². The summed E-state index contributed by atoms with van der Waals surface area (Å²) in [6, 6.07) is 14.5. The fourth-order valence-electron chi connectivity index (χ4n) is 3.63. The molecule has 0 heterocycles. The van der Waals surface area contributed by atoms with Crippen molar-refractivity contribution in [3.8, 4) is 16.9 Å². The Balaban J connectivity index is 1.96. The maximum Gasteiger partial charge on any atom is 0.405 e. The predicted molar refractivity (Wildman–Crippen MR) is 103 cm³/mol. The van der Waals surface area contributed by atoms with E-state index in [1.54, 1.807) is 0 Å². The third-order valence-corrected chi connectivity index (χ3v) is 4.95. The van der Waals surface area contributed by atoms with Crippen LogP contribution in [0.25, 0.3) is 11.1 Å². The van der Waals surface area contributed by atoms with E-state index >= 15 is 0 Å². The number of rotatable bonds is 4. The normalized spacial score (nSPS) is 18.3. The number of fused-ring (bicyclic) bond motifs is 1. The van der Waals surface area contributed by atoms with Gasteiger partial charge < -0.3 is 15.2 Å². The van der Waals surface area contributed by atoms with Gasteiger partial charge in [-0.05, 0) is 61.1 Å². The maximum atomic E-state index is 11.4. The summed E-state index contributed by atoms with van der Waals surface area (Å²) in [5.41, 5.74) is 9.69. The highest BCUT2D eigenvalue weighted by Gasteiger charge is 2.38. The van der Waals surface area contributed by atoms with Gasteiger partial charge >= 0.3 is 6.09 Å². The van der Waals surface area contributed by atoms with Gasteiger partial charge in [0, 0.05) is 5.41 Å². The lowest BCUT2D eigenvalue weighted by Gasteiger charge is -2.39. The molecular formula is C22H27NO3. The predicted octanol–water partition coefficient (Wildman–Crippen LogP) is 5.25. The molecule has 2 aromatic rings. The molecule has 0 unspecified atom stereocenters. The number of carbonyl (C=O) groups is 1. The Morgan fingerprint density at radius 1 is 1.15 bits per heavy atom. The maximum absolute atomic E-state index is 11.4. The van der Waals surface area contributed by atoms with Crippen molar-refractivity contribution in [2.24, 2.45) is 11.1 Å². The Hall–Kier alpha value is -2.49. The van der Waals surface area contributed by atoms with Gasteiger partial charge in [0.2, 0.25) is 0 Å². The molecule has 0 fully saturated rings. The summed E-state index contributed by atoms with van der Waals surface area (Å²) in [5, 5.41) is 0. The van der Waals surface area contributed by atoms with Crippen molar-refractivity contribution in [3.05, 3.63) is 53.6 Å². The average molecular weight is 353 g/mol. The molecule has 3 rings (SSSR count). The second-order valence-corrected chi connectivity index (χ2v) is 7.91. The molecule has 26 heavy (non-hydrogen) atoms. The van der Waals surface area contributed by atoms with Crippen LogP contribution in [0.2, 0.25) is 0 Å². The van der Waals surface area contributed by atoms with E-state index in [1.807, 2.05) is 26.0 Å². The molecule has 1 aliphatic carbocycles. The molecule has 0 saturated heterocycles. The zero-order valence-electron chi connectivity index (χ0n) is 15.9. The quantitative estimate of drug-likeness (QED) is 0.816. The molecule has 0 saturated carbocycles. The number of benzene rings is 2. The fourth-order valence-corrected chi connectivity index (χ4v) is 3.63. The lowest BCUT2D eigenvalue weighted by Crippen LogP contribution is -2.33. The Kier molecular flexibility index (Phi) is 4.94. The van der Waals surface area contributed by atoms with Gasteiger partial charge in [-0.3, -0.25) is 0 Å². The molecule has 1 amide bonds. The fraction of sp³-hybridized carbons (Fsp3) is 0.409. The van der Waals surface area contributed by atoms with Crippen LogP contribution < -0.4 is 10.5 Å². The van der Waals surface area contributed by atoms with Crippen molar-refractivity contribution in [3.63, 3.8) is 0 Å². The second-order valence-electron chi connectivity index (χ2n) is 7.91. The Morgan fingerprint density at radius 3 is 2.58 bits per heavy atom. The minimum absolute atomic E-state index is 0.130. The first-order valence-electron chi connectivity index (χ1n) is 9.12. The third kappa shape index (κ3) is 3.85. The SMILES string of the molecule is CC(C)Oc1cccc(-c2ccc3c(c2)CCC(C)(C)[C@H]3OC(N)=O)c1. The molecule has 2 aromatic carbocycles. The molecule has 0 aromatic heterocycles. The minimum atomic E-state index is -0.724. The molecule has 4 heteroatoms. The van der Waals surface area contributed by atoms with Gasteiger partial charge in [-0.1, -0.05) is 44.2 Å². The third-order valence-electron chi connectivity index (χ3n) is 4.95. The Morgan fingerprint density at radius 2 is 1.88 bits per heavy atom. The molecule has 1 atom stereocenters. The van der Waals surface area contributed by atoms with Crippen molar-refractivity contribution < 1.29 is 14.3 Å². The number of carbonyl (C=O) groups excluding carboxylic acids is 1. The molecule has 4 nitrogen and oxygen atoms in total. The molecule has 1 aliphatic rings. The zero-order valence-corrected chi connectivity index (χ0v) is 15.9. The van der Waals surface area contributed by atoms with Crippen LogP contribution in [0.5, 0.6) is 5.75 Å². The molecular weight excluding hydrogens is 326 g/mol. The van der Waals surface area contributed by atoms with Crippen LogP contribution in [-0.4, -0.2) is 12.2 Å². The van der Waals surface area contributed by atoms with E-state index in [2.05, 4.69) is 44.2 Å². The first kappa shape index (κ1) is 18.3. The number of amides is 1. The summed E-state index contributed by atoms with van der Waals surface area (Å²) in [7, 11) is 0. The van der Waals surface area contributed by atoms with Crippen LogP contribution in [0.3, 0.4) is 0 Å². The van der Waals surface area contributed by atoms with Gasteiger partial charge in [0.25, 0.3) is 0 Å². The minimum Gasteiger partial charge on any atom is -0.491 e. The lowest BCUT2D eigenvalue weighted by molar-refractivity contribution is 0.0147. The van der Waals surface area contributed by atoms with Gasteiger partial charge in [0.15, 0.2) is 0 Å². The van der Waals surface area contributed by atoms with E-state index in [1.165, 1.54) is 5.56 Å². The van der Waals surface area contributed by atoms with Crippen molar-refractivity contribution in [1.82, 2.24) is 0 Å². The smallest absolute Gasteiger partial charge is 0.405 e. The van der Waals surface area contributed by atoms with E-state index in [-0.39, 0.29) is 17.6 Å². The van der Waals surface area contributed by atoms with Crippen molar-refractivity contribution >= 4 is 6.09 Å². The summed E-state index contributed by atoms with van der Waals surface area (Å²) in [6.07, 6.45) is 1.00. The highest BCUT2D eigenvalue weighted by atomic mass is 16.6. The van der Waals surface area contributed by atoms with Crippen LogP contribution >= 0.6 is 0 Å². The summed E-state index contributed by atoms with van der Waals surface area (Å²) >= 11 is 0. The van der Waals surface area contributed by atoms with Gasteiger partial charge in [-0.15, -0.1) is 0 Å². The first-order valence-corrected chi connectivity index (χ1v) is 9.12. The summed E-state index contributed by atoms with van der Waals surface area (Å²) in [5.74, 6) is 0.867. The number of aryl methyl sites for hydroxylation is 1. The van der Waals surface area contributed by atoms with Crippen molar-refractivity contribution in [2.45, 2.75) is 52.7 Å². The van der Waals surface area contributed by atoms with Crippen molar-refractivity contribution in [1.29, 1.82) is 0 Å². The van der Waals surface area contributed by atoms with E-state index in [0.29, 0.717) is 0 Å². The monoisotopic (exact) mass is 353 g/mol. The lowest BCUT2D eigenvalue weighted by atomic mass is 9.71. The van der Waals surface area contributed by atoms with Crippen LogP contribution in [-0.2, 0) is 11.2 Å². The number of ether oxygens (including phenoxy) is 2. The molecule has 2 N–H and O–H groups in total. The summed E-state index contributed by atoms with van der Waals surface area (Å²) < 4.78 is 11.3. The topological polar surface area (TPSA) is 61.6 Å². The largest absolute Gasteiger partial charge is 0.491 e. The average Bonchev–Trinajstić information content (AvgIpc) is 2.56. The number of hydrogen-bond donors (Lipinski definition) is 1. The highest BCUT2D eigenvalue weighted by molar-refractivity contribution is 5.68. The summed E-state index contributed by atoms with van der Waals surface area (Å²) in [4.78, 5) is 11.4. The zero-order chi connectivity index (χ0) is 18.9.